The van der Waals surface area contributed by atoms with Gasteiger partial charge in [0.05, 0.1) is 28.1 Å². The van der Waals surface area contributed by atoms with Crippen LogP contribution in [0.15, 0.2) is 256 Å². The summed E-state index contributed by atoms with van der Waals surface area (Å²) in [6.07, 6.45) is 10.9. The van der Waals surface area contributed by atoms with Crippen molar-refractivity contribution in [3.05, 3.63) is 256 Å². The van der Waals surface area contributed by atoms with Crippen molar-refractivity contribution in [3.8, 4) is 39.9 Å². The van der Waals surface area contributed by atoms with Gasteiger partial charge in [0.15, 0.2) is 17.5 Å². The van der Waals surface area contributed by atoms with Crippen LogP contribution in [0.4, 0.5) is 34.4 Å². The monoisotopic (exact) mass is 962 g/mol. The van der Waals surface area contributed by atoms with Crippen molar-refractivity contribution in [2.45, 2.75) is 0 Å². The van der Waals surface area contributed by atoms with Crippen molar-refractivity contribution in [2.24, 2.45) is 0 Å². The van der Waals surface area contributed by atoms with Crippen molar-refractivity contribution in [1.29, 1.82) is 0 Å². The summed E-state index contributed by atoms with van der Waals surface area (Å²) < 4.78 is 2.39. The van der Waals surface area contributed by atoms with Crippen molar-refractivity contribution in [2.75, 3.05) is 9.80 Å². The molecule has 6 heterocycles. The lowest BCUT2D eigenvalue weighted by Crippen LogP contribution is -2.12. The first-order chi connectivity index (χ1) is 37.2. The molecule has 14 aromatic rings. The second-order valence-corrected chi connectivity index (χ2v) is 18.2. The van der Waals surface area contributed by atoms with E-state index in [9.17, 15) is 0 Å². The summed E-state index contributed by atoms with van der Waals surface area (Å²) in [7, 11) is 0. The molecule has 0 aliphatic heterocycles. The fourth-order valence-corrected chi connectivity index (χ4v) is 10.6. The van der Waals surface area contributed by atoms with Crippen LogP contribution in [-0.4, -0.2) is 39.5 Å². The van der Waals surface area contributed by atoms with Gasteiger partial charge < -0.3 is 4.57 Å². The van der Waals surface area contributed by atoms with Gasteiger partial charge in [-0.15, -0.1) is 0 Å². The van der Waals surface area contributed by atoms with E-state index >= 15 is 0 Å². The smallest absolute Gasteiger partial charge is 0.164 e. The van der Waals surface area contributed by atoms with Gasteiger partial charge in [0, 0.05) is 86.8 Å². The van der Waals surface area contributed by atoms with Gasteiger partial charge in [-0.25, -0.2) is 24.9 Å². The number of fused-ring (bicyclic) bond motifs is 7. The van der Waals surface area contributed by atoms with E-state index in [1.807, 2.05) is 97.8 Å². The maximum atomic E-state index is 5.34. The molecule has 0 N–H and O–H groups in total. The minimum atomic E-state index is 0.569. The quantitative estimate of drug-likeness (QED) is 0.133. The van der Waals surface area contributed by atoms with Gasteiger partial charge in [-0.3, -0.25) is 19.8 Å². The highest BCUT2D eigenvalue weighted by atomic mass is 15.2. The average molecular weight is 963 g/mol. The Hall–Kier alpha value is -10.5. The molecule has 0 aliphatic rings. The first kappa shape index (κ1) is 43.3. The van der Waals surface area contributed by atoms with E-state index in [-0.39, 0.29) is 0 Å². The lowest BCUT2D eigenvalue weighted by Gasteiger charge is -2.26. The SMILES string of the molecule is c1ccc(N(c2ccncc2)c2ccc3c(c2)c2cc(N(c4ccncc4)c4ccccn4)c4ccccc4c2n3-c2cccc(-c3nc(-c4cccc5ccccc45)nc(-c4cccc5ccccc45)n3)c2)nc1. The van der Waals surface area contributed by atoms with Crippen LogP contribution in [0.25, 0.3) is 94.0 Å². The predicted molar refractivity (Wildman–Crippen MR) is 304 cm³/mol. The lowest BCUT2D eigenvalue weighted by atomic mass is 10.0. The molecule has 0 saturated carbocycles. The lowest BCUT2D eigenvalue weighted by molar-refractivity contribution is 1.08. The van der Waals surface area contributed by atoms with Crippen molar-refractivity contribution >= 4 is 88.5 Å². The second kappa shape index (κ2) is 18.3. The summed E-state index contributed by atoms with van der Waals surface area (Å²) >= 11 is 0. The maximum Gasteiger partial charge on any atom is 0.164 e. The van der Waals surface area contributed by atoms with Crippen LogP contribution in [0.1, 0.15) is 0 Å². The molecular weight excluding hydrogens is 921 g/mol. The standard InChI is InChI=1S/C65H42N10/c1-3-20-50-43(14-1)16-12-24-54(50)64-70-63(71-65(72-64)55-25-13-17-44-15-2-4-21-51(44)55)45-18-11-19-48(40-45)75-58-29-28-49(73(46-30-36-66-37-31-46)60-26-7-9-34-68-60)41-56(58)57-42-59(52-22-5-6-23-53(52)62(57)75)74(47-32-38-67-39-33-47)61-27-8-10-35-69-61/h1-42H. The molecule has 0 bridgehead atoms. The zero-order valence-corrected chi connectivity index (χ0v) is 40.2. The van der Waals surface area contributed by atoms with Gasteiger partial charge >= 0.3 is 0 Å². The molecule has 0 fully saturated rings. The predicted octanol–water partition coefficient (Wildman–Crippen LogP) is 15.9. The summed E-state index contributed by atoms with van der Waals surface area (Å²) in [4.78, 5) is 38.9. The van der Waals surface area contributed by atoms with Crippen molar-refractivity contribution in [1.82, 2.24) is 39.5 Å². The molecule has 14 rings (SSSR count). The van der Waals surface area contributed by atoms with Crippen LogP contribution in [-0.2, 0) is 0 Å². The molecule has 352 valence electrons. The highest BCUT2D eigenvalue weighted by Gasteiger charge is 2.25. The van der Waals surface area contributed by atoms with E-state index in [4.69, 9.17) is 24.9 Å². The molecule has 0 saturated heterocycles. The maximum absolute atomic E-state index is 5.34. The molecule has 6 aromatic heterocycles. The van der Waals surface area contributed by atoms with Crippen molar-refractivity contribution in [3.63, 3.8) is 0 Å². The number of aromatic nitrogens is 8. The van der Waals surface area contributed by atoms with E-state index < -0.39 is 0 Å². The fourth-order valence-electron chi connectivity index (χ4n) is 10.6. The number of hydrogen-bond donors (Lipinski definition) is 0. The molecule has 0 atom stereocenters. The first-order valence-corrected chi connectivity index (χ1v) is 24.8. The highest BCUT2D eigenvalue weighted by molar-refractivity contribution is 6.23. The summed E-state index contributed by atoms with van der Waals surface area (Å²) in [6.45, 7) is 0. The van der Waals surface area contributed by atoms with E-state index in [0.29, 0.717) is 17.5 Å². The van der Waals surface area contributed by atoms with E-state index in [0.717, 1.165) is 111 Å². The Kier molecular flexibility index (Phi) is 10.6. The third-order valence-corrected chi connectivity index (χ3v) is 13.9. The number of rotatable bonds is 10. The Morgan fingerprint density at radius 3 is 1.49 bits per heavy atom. The van der Waals surface area contributed by atoms with Crippen LogP contribution in [0.3, 0.4) is 0 Å². The molecule has 0 radical (unpaired) electrons. The van der Waals surface area contributed by atoms with Gasteiger partial charge in [-0.05, 0) is 106 Å². The number of benzene rings is 8. The number of anilines is 6. The Balaban J connectivity index is 1.04. The molecule has 10 heteroatoms. The zero-order valence-electron chi connectivity index (χ0n) is 40.2. The molecular formula is C65H42N10. The Labute approximate surface area is 431 Å². The fraction of sp³-hybridized carbons (Fsp3) is 0. The van der Waals surface area contributed by atoms with E-state index in [1.165, 1.54) is 0 Å². The van der Waals surface area contributed by atoms with Gasteiger partial charge in [-0.2, -0.15) is 0 Å². The largest absolute Gasteiger partial charge is 0.309 e. The van der Waals surface area contributed by atoms with Crippen LogP contribution in [0.5, 0.6) is 0 Å². The summed E-state index contributed by atoms with van der Waals surface area (Å²) in [6, 6.07) is 75.7. The first-order valence-electron chi connectivity index (χ1n) is 24.8. The summed E-state index contributed by atoms with van der Waals surface area (Å²) in [5.41, 5.74) is 9.53. The van der Waals surface area contributed by atoms with E-state index in [1.54, 1.807) is 0 Å². The minimum Gasteiger partial charge on any atom is -0.309 e. The summed E-state index contributed by atoms with van der Waals surface area (Å²) in [5.74, 6) is 3.34. The molecule has 10 nitrogen and oxygen atoms in total. The Morgan fingerprint density at radius 1 is 0.333 bits per heavy atom. The number of nitrogens with zero attached hydrogens (tertiary/aromatic N) is 10. The van der Waals surface area contributed by atoms with Gasteiger partial charge in [0.1, 0.15) is 11.6 Å². The minimum absolute atomic E-state index is 0.569. The highest BCUT2D eigenvalue weighted by Crippen LogP contribution is 2.47. The van der Waals surface area contributed by atoms with Gasteiger partial charge in [0.2, 0.25) is 0 Å². The molecule has 0 amide bonds. The van der Waals surface area contributed by atoms with Crippen LogP contribution in [0, 0.1) is 0 Å². The van der Waals surface area contributed by atoms with E-state index in [2.05, 4.69) is 182 Å². The van der Waals surface area contributed by atoms with Crippen molar-refractivity contribution < 1.29 is 0 Å². The topological polar surface area (TPSA) is 102 Å². The molecule has 0 spiro atoms. The summed E-state index contributed by atoms with van der Waals surface area (Å²) in [5, 5.41) is 8.58. The number of pyridine rings is 4. The molecule has 0 unspecified atom stereocenters. The molecule has 0 aliphatic carbocycles. The number of hydrogen-bond acceptors (Lipinski definition) is 9. The normalized spacial score (nSPS) is 11.5. The van der Waals surface area contributed by atoms with Crippen LogP contribution in [0.2, 0.25) is 0 Å². The Bertz CT molecular complexity index is 4250. The third kappa shape index (κ3) is 7.64. The van der Waals surface area contributed by atoms with Crippen LogP contribution < -0.4 is 9.80 Å². The zero-order chi connectivity index (χ0) is 49.7. The van der Waals surface area contributed by atoms with Crippen LogP contribution >= 0.6 is 0 Å². The van der Waals surface area contributed by atoms with Gasteiger partial charge in [0.25, 0.3) is 0 Å². The Morgan fingerprint density at radius 2 is 0.867 bits per heavy atom. The second-order valence-electron chi connectivity index (χ2n) is 18.2. The van der Waals surface area contributed by atoms with Gasteiger partial charge in [-0.1, -0.05) is 133 Å². The molecule has 75 heavy (non-hydrogen) atoms. The average Bonchev–Trinajstić information content (AvgIpc) is 3.83. The third-order valence-electron chi connectivity index (χ3n) is 13.9. The molecule has 8 aromatic carbocycles.